The van der Waals surface area contributed by atoms with Crippen molar-refractivity contribution in [2.45, 2.75) is 32.7 Å². The highest BCUT2D eigenvalue weighted by Gasteiger charge is 2.09. The van der Waals surface area contributed by atoms with Crippen LogP contribution in [0.5, 0.6) is 0 Å². The predicted octanol–water partition coefficient (Wildman–Crippen LogP) is 2.05. The molecule has 1 unspecified atom stereocenters. The van der Waals surface area contributed by atoms with Crippen LogP contribution in [-0.4, -0.2) is 11.5 Å². The van der Waals surface area contributed by atoms with Gasteiger partial charge in [0.25, 0.3) is 0 Å². The Bertz CT molecular complexity index is 311. The smallest absolute Gasteiger partial charge is 0.211 e. The highest BCUT2D eigenvalue weighted by Crippen LogP contribution is 2.11. The fourth-order valence-electron chi connectivity index (χ4n) is 1.17. The van der Waals surface area contributed by atoms with Crippen LogP contribution in [0.4, 0.5) is 0 Å². The maximum Gasteiger partial charge on any atom is 0.211 e. The molecule has 1 heterocycles. The minimum Gasteiger partial charge on any atom is -0.444 e. The number of nitrogens with one attached hydrogen (secondary N) is 1. The first-order valence-corrected chi connectivity index (χ1v) is 4.83. The second kappa shape index (κ2) is 5.46. The van der Waals surface area contributed by atoms with E-state index in [-0.39, 0.29) is 6.04 Å². The van der Waals surface area contributed by atoms with Gasteiger partial charge >= 0.3 is 0 Å². The zero-order chi connectivity index (χ0) is 10.4. The number of oxazole rings is 1. The number of hydrogen-bond donors (Lipinski definition) is 1. The third-order valence-corrected chi connectivity index (χ3v) is 1.96. The standard InChI is InChI=1S/C11H16N2O/c1-4-5-6-7-12-10(3)11-13-8-9(2)14-11/h1,8,10,12H,5-7H2,2-3H3. The topological polar surface area (TPSA) is 38.1 Å². The molecule has 1 aromatic heterocycles. The molecule has 0 spiro atoms. The van der Waals surface area contributed by atoms with Gasteiger partial charge in [-0.05, 0) is 26.8 Å². The minimum absolute atomic E-state index is 0.154. The van der Waals surface area contributed by atoms with Crippen LogP contribution < -0.4 is 5.32 Å². The molecule has 0 aliphatic rings. The van der Waals surface area contributed by atoms with Crippen LogP contribution in [0.2, 0.25) is 0 Å². The monoisotopic (exact) mass is 192 g/mol. The summed E-state index contributed by atoms with van der Waals surface area (Å²) >= 11 is 0. The quantitative estimate of drug-likeness (QED) is 0.573. The molecule has 0 amide bonds. The minimum atomic E-state index is 0.154. The summed E-state index contributed by atoms with van der Waals surface area (Å²) in [5, 5.41) is 3.30. The Hall–Kier alpha value is -1.27. The van der Waals surface area contributed by atoms with E-state index in [4.69, 9.17) is 10.8 Å². The molecular weight excluding hydrogens is 176 g/mol. The summed E-state index contributed by atoms with van der Waals surface area (Å²) in [6.45, 7) is 4.81. The van der Waals surface area contributed by atoms with Crippen LogP contribution in [0.15, 0.2) is 10.6 Å². The number of hydrogen-bond acceptors (Lipinski definition) is 3. The molecule has 1 N–H and O–H groups in total. The van der Waals surface area contributed by atoms with E-state index < -0.39 is 0 Å². The molecule has 0 aromatic carbocycles. The average molecular weight is 192 g/mol. The number of aromatic nitrogens is 1. The van der Waals surface area contributed by atoms with E-state index >= 15 is 0 Å². The van der Waals surface area contributed by atoms with Crippen molar-refractivity contribution in [3.05, 3.63) is 17.8 Å². The summed E-state index contributed by atoms with van der Waals surface area (Å²) in [5.41, 5.74) is 0. The normalized spacial score (nSPS) is 12.4. The Morgan fingerprint density at radius 2 is 2.50 bits per heavy atom. The first kappa shape index (κ1) is 10.8. The fraction of sp³-hybridized carbons (Fsp3) is 0.545. The molecule has 3 heteroatoms. The van der Waals surface area contributed by atoms with Gasteiger partial charge in [0, 0.05) is 6.42 Å². The lowest BCUT2D eigenvalue weighted by molar-refractivity contribution is 0.402. The summed E-state index contributed by atoms with van der Waals surface area (Å²) in [6, 6.07) is 0.154. The number of terminal acetylenes is 1. The van der Waals surface area contributed by atoms with Gasteiger partial charge in [0.1, 0.15) is 5.76 Å². The molecule has 0 aliphatic carbocycles. The predicted molar refractivity (Wildman–Crippen MR) is 55.7 cm³/mol. The lowest BCUT2D eigenvalue weighted by Gasteiger charge is -2.08. The number of aryl methyl sites for hydroxylation is 1. The maximum absolute atomic E-state index is 5.39. The molecule has 0 saturated heterocycles. The van der Waals surface area contributed by atoms with Gasteiger partial charge in [0.05, 0.1) is 12.2 Å². The van der Waals surface area contributed by atoms with Gasteiger partial charge < -0.3 is 9.73 Å². The van der Waals surface area contributed by atoms with Crippen LogP contribution in [0.3, 0.4) is 0 Å². The van der Waals surface area contributed by atoms with Gasteiger partial charge in [-0.3, -0.25) is 0 Å². The van der Waals surface area contributed by atoms with Gasteiger partial charge in [-0.1, -0.05) is 0 Å². The summed E-state index contributed by atoms with van der Waals surface area (Å²) in [4.78, 5) is 4.15. The Kier molecular flexibility index (Phi) is 4.21. The van der Waals surface area contributed by atoms with Crippen molar-refractivity contribution in [2.75, 3.05) is 6.54 Å². The maximum atomic E-state index is 5.39. The first-order chi connectivity index (χ1) is 6.74. The molecule has 1 atom stereocenters. The van der Waals surface area contributed by atoms with E-state index in [1.807, 2.05) is 13.8 Å². The van der Waals surface area contributed by atoms with Crippen LogP contribution in [0, 0.1) is 19.3 Å². The number of nitrogens with zero attached hydrogens (tertiary/aromatic N) is 1. The van der Waals surface area contributed by atoms with E-state index in [1.54, 1.807) is 6.20 Å². The second-order valence-electron chi connectivity index (χ2n) is 3.29. The van der Waals surface area contributed by atoms with Crippen LogP contribution in [-0.2, 0) is 0 Å². The Morgan fingerprint density at radius 3 is 3.07 bits per heavy atom. The molecule has 76 valence electrons. The SMILES string of the molecule is C#CCCCNC(C)c1ncc(C)o1. The van der Waals surface area contributed by atoms with E-state index in [0.29, 0.717) is 0 Å². The lowest BCUT2D eigenvalue weighted by Crippen LogP contribution is -2.19. The Labute approximate surface area is 84.9 Å². The van der Waals surface area contributed by atoms with E-state index in [2.05, 4.69) is 16.2 Å². The molecule has 1 rings (SSSR count). The summed E-state index contributed by atoms with van der Waals surface area (Å²) < 4.78 is 5.39. The lowest BCUT2D eigenvalue weighted by atomic mass is 10.3. The zero-order valence-corrected chi connectivity index (χ0v) is 8.71. The molecule has 0 fully saturated rings. The molecule has 14 heavy (non-hydrogen) atoms. The van der Waals surface area contributed by atoms with Gasteiger partial charge in [0.15, 0.2) is 0 Å². The fourth-order valence-corrected chi connectivity index (χ4v) is 1.17. The summed E-state index contributed by atoms with van der Waals surface area (Å²) in [7, 11) is 0. The first-order valence-electron chi connectivity index (χ1n) is 4.83. The molecule has 0 aliphatic heterocycles. The van der Waals surface area contributed by atoms with Crippen molar-refractivity contribution in [1.29, 1.82) is 0 Å². The molecule has 0 bridgehead atoms. The Morgan fingerprint density at radius 1 is 1.71 bits per heavy atom. The summed E-state index contributed by atoms with van der Waals surface area (Å²) in [6.07, 6.45) is 8.68. The molecule has 0 saturated carbocycles. The highest BCUT2D eigenvalue weighted by atomic mass is 16.4. The van der Waals surface area contributed by atoms with Crippen LogP contribution in [0.1, 0.15) is 37.5 Å². The van der Waals surface area contributed by atoms with Crippen LogP contribution in [0.25, 0.3) is 0 Å². The van der Waals surface area contributed by atoms with Crippen molar-refractivity contribution in [3.63, 3.8) is 0 Å². The molecular formula is C11H16N2O. The third-order valence-electron chi connectivity index (χ3n) is 1.96. The average Bonchev–Trinajstić information content (AvgIpc) is 2.59. The van der Waals surface area contributed by atoms with E-state index in [9.17, 15) is 0 Å². The molecule has 0 radical (unpaired) electrons. The Balaban J connectivity index is 2.29. The van der Waals surface area contributed by atoms with Crippen molar-refractivity contribution in [3.8, 4) is 12.3 Å². The van der Waals surface area contributed by atoms with Gasteiger partial charge in [-0.25, -0.2) is 4.98 Å². The molecule has 1 aromatic rings. The largest absolute Gasteiger partial charge is 0.444 e. The highest BCUT2D eigenvalue weighted by molar-refractivity contribution is 4.94. The number of rotatable bonds is 5. The van der Waals surface area contributed by atoms with Crippen molar-refractivity contribution >= 4 is 0 Å². The van der Waals surface area contributed by atoms with Crippen LogP contribution >= 0.6 is 0 Å². The van der Waals surface area contributed by atoms with Crippen molar-refractivity contribution in [2.24, 2.45) is 0 Å². The zero-order valence-electron chi connectivity index (χ0n) is 8.71. The van der Waals surface area contributed by atoms with E-state index in [1.165, 1.54) is 0 Å². The van der Waals surface area contributed by atoms with Gasteiger partial charge in [-0.2, -0.15) is 0 Å². The van der Waals surface area contributed by atoms with Gasteiger partial charge in [0.2, 0.25) is 5.89 Å². The molecule has 3 nitrogen and oxygen atoms in total. The number of unbranched alkanes of at least 4 members (excludes halogenated alkanes) is 1. The van der Waals surface area contributed by atoms with Crippen molar-refractivity contribution in [1.82, 2.24) is 10.3 Å². The van der Waals surface area contributed by atoms with E-state index in [0.717, 1.165) is 31.0 Å². The second-order valence-corrected chi connectivity index (χ2v) is 3.29. The van der Waals surface area contributed by atoms with Gasteiger partial charge in [-0.15, -0.1) is 12.3 Å². The van der Waals surface area contributed by atoms with Crippen molar-refractivity contribution < 1.29 is 4.42 Å². The third kappa shape index (κ3) is 3.23. The summed E-state index contributed by atoms with van der Waals surface area (Å²) in [5.74, 6) is 4.19.